The third-order valence-corrected chi connectivity index (χ3v) is 12.9. The Kier molecular flexibility index (Phi) is 6.62. The highest BCUT2D eigenvalue weighted by molar-refractivity contribution is 5.96. The standard InChI is InChI=1S/C53H41N/c1-34-20-22-35(23-21-34)36-24-26-37(27-25-36)54(38-28-30-44-40-12-4-8-16-46(40)52(2,3)50(44)32-38)39-29-31-45-43-15-7-11-19-49(43)53(51(45)33-39)47-17-9-5-13-41(47)42-14-6-10-18-48(42)53/h5-11,13-33H,4,12H2,1-3H3. The summed E-state index contributed by atoms with van der Waals surface area (Å²) in [5, 5.41) is 0. The second-order valence-corrected chi connectivity index (χ2v) is 16.1. The Bertz CT molecular complexity index is 2670. The van der Waals surface area contributed by atoms with Crippen molar-refractivity contribution in [3.8, 4) is 33.4 Å². The highest BCUT2D eigenvalue weighted by Gasteiger charge is 2.51. The molecule has 0 unspecified atom stereocenters. The second-order valence-electron chi connectivity index (χ2n) is 16.1. The van der Waals surface area contributed by atoms with Crippen LogP contribution in [0.3, 0.4) is 0 Å². The summed E-state index contributed by atoms with van der Waals surface area (Å²) in [6.07, 6.45) is 6.96. The number of nitrogens with zero attached hydrogens (tertiary/aromatic N) is 1. The molecule has 0 amide bonds. The van der Waals surface area contributed by atoms with Crippen molar-refractivity contribution in [3.05, 3.63) is 214 Å². The fourth-order valence-electron chi connectivity index (χ4n) is 10.3. The third-order valence-electron chi connectivity index (χ3n) is 12.9. The van der Waals surface area contributed by atoms with E-state index in [-0.39, 0.29) is 5.41 Å². The monoisotopic (exact) mass is 691 g/mol. The van der Waals surface area contributed by atoms with Crippen molar-refractivity contribution in [3.63, 3.8) is 0 Å². The zero-order chi connectivity index (χ0) is 36.2. The molecular formula is C53H41N. The summed E-state index contributed by atoms with van der Waals surface area (Å²) in [6, 6.07) is 59.7. The maximum Gasteiger partial charge on any atom is 0.0726 e. The quantitative estimate of drug-likeness (QED) is 0.178. The molecule has 1 heteroatoms. The van der Waals surface area contributed by atoms with Crippen LogP contribution in [-0.4, -0.2) is 0 Å². The molecule has 0 fully saturated rings. The summed E-state index contributed by atoms with van der Waals surface area (Å²) in [4.78, 5) is 2.49. The second kappa shape index (κ2) is 11.4. The van der Waals surface area contributed by atoms with Crippen LogP contribution < -0.4 is 4.90 Å². The fourth-order valence-corrected chi connectivity index (χ4v) is 10.3. The largest absolute Gasteiger partial charge is 0.310 e. The number of anilines is 3. The normalized spacial score (nSPS) is 16.1. The number of rotatable bonds is 4. The smallest absolute Gasteiger partial charge is 0.0726 e. The number of hydrogen-bond acceptors (Lipinski definition) is 1. The minimum absolute atomic E-state index is 0.0561. The van der Waals surface area contributed by atoms with Crippen molar-refractivity contribution in [2.75, 3.05) is 4.90 Å². The van der Waals surface area contributed by atoms with Gasteiger partial charge in [-0.2, -0.15) is 0 Å². The van der Waals surface area contributed by atoms with Crippen LogP contribution in [0.4, 0.5) is 17.1 Å². The first-order valence-corrected chi connectivity index (χ1v) is 19.4. The van der Waals surface area contributed by atoms with Crippen molar-refractivity contribution in [2.45, 2.75) is 44.4 Å². The van der Waals surface area contributed by atoms with Crippen molar-refractivity contribution >= 4 is 22.6 Å². The lowest BCUT2D eigenvalue weighted by Crippen LogP contribution is -2.26. The van der Waals surface area contributed by atoms with Gasteiger partial charge in [0, 0.05) is 22.5 Å². The molecule has 4 aliphatic rings. The van der Waals surface area contributed by atoms with Crippen LogP contribution >= 0.6 is 0 Å². The van der Waals surface area contributed by atoms with Gasteiger partial charge in [-0.1, -0.05) is 153 Å². The highest BCUT2D eigenvalue weighted by Crippen LogP contribution is 2.63. The zero-order valence-electron chi connectivity index (χ0n) is 31.0. The molecule has 0 heterocycles. The van der Waals surface area contributed by atoms with Crippen LogP contribution in [0.15, 0.2) is 175 Å². The van der Waals surface area contributed by atoms with Crippen molar-refractivity contribution < 1.29 is 0 Å². The van der Waals surface area contributed by atoms with Gasteiger partial charge >= 0.3 is 0 Å². The molecule has 1 spiro atoms. The SMILES string of the molecule is Cc1ccc(-c2ccc(N(c3ccc4c(c3)C(C)(C)C3=C4CCC=C3)c3ccc4c(c3)C3(c5ccccc5-c5ccccc53)c3ccccc3-4)cc2)cc1. The van der Waals surface area contributed by atoms with Gasteiger partial charge in [-0.05, 0) is 134 Å². The molecule has 0 aliphatic heterocycles. The summed E-state index contributed by atoms with van der Waals surface area (Å²) in [5.41, 5.74) is 23.4. The van der Waals surface area contributed by atoms with Gasteiger partial charge in [0.15, 0.2) is 0 Å². The van der Waals surface area contributed by atoms with Gasteiger partial charge in [0.2, 0.25) is 0 Å². The van der Waals surface area contributed by atoms with Gasteiger partial charge in [0.1, 0.15) is 0 Å². The first-order chi connectivity index (χ1) is 26.4. The van der Waals surface area contributed by atoms with E-state index in [0.29, 0.717) is 0 Å². The Labute approximate surface area is 318 Å². The lowest BCUT2D eigenvalue weighted by atomic mass is 9.70. The Hall–Kier alpha value is -6.18. The Balaban J connectivity index is 1.14. The van der Waals surface area contributed by atoms with Crippen LogP contribution in [0.2, 0.25) is 0 Å². The Morgan fingerprint density at radius 3 is 1.54 bits per heavy atom. The first-order valence-electron chi connectivity index (χ1n) is 19.4. The van der Waals surface area contributed by atoms with E-state index >= 15 is 0 Å². The molecule has 0 aromatic heterocycles. The predicted octanol–water partition coefficient (Wildman–Crippen LogP) is 13.9. The average Bonchev–Trinajstić information content (AvgIpc) is 3.77. The maximum absolute atomic E-state index is 2.51. The third kappa shape index (κ3) is 4.21. The average molecular weight is 692 g/mol. The topological polar surface area (TPSA) is 3.24 Å². The van der Waals surface area contributed by atoms with Crippen molar-refractivity contribution in [1.29, 1.82) is 0 Å². The van der Waals surface area contributed by atoms with Crippen molar-refractivity contribution in [1.82, 2.24) is 0 Å². The van der Waals surface area contributed by atoms with Crippen LogP contribution in [-0.2, 0) is 10.8 Å². The lowest BCUT2D eigenvalue weighted by Gasteiger charge is -2.32. The number of allylic oxidation sites excluding steroid dienone is 4. The number of hydrogen-bond donors (Lipinski definition) is 0. The van der Waals surface area contributed by atoms with Crippen LogP contribution in [0.5, 0.6) is 0 Å². The van der Waals surface area contributed by atoms with Gasteiger partial charge in [0.05, 0.1) is 5.41 Å². The predicted molar refractivity (Wildman–Crippen MR) is 226 cm³/mol. The summed E-state index contributed by atoms with van der Waals surface area (Å²) < 4.78 is 0. The maximum atomic E-state index is 2.51. The molecule has 4 aliphatic carbocycles. The van der Waals surface area contributed by atoms with E-state index in [2.05, 4.69) is 196 Å². The minimum atomic E-state index is -0.397. The zero-order valence-corrected chi connectivity index (χ0v) is 31.0. The molecule has 0 bridgehead atoms. The summed E-state index contributed by atoms with van der Waals surface area (Å²) in [6.45, 7) is 6.95. The minimum Gasteiger partial charge on any atom is -0.310 e. The number of benzene rings is 7. The summed E-state index contributed by atoms with van der Waals surface area (Å²) in [5.74, 6) is 0. The molecule has 7 aromatic rings. The van der Waals surface area contributed by atoms with Gasteiger partial charge in [-0.3, -0.25) is 0 Å². The Morgan fingerprint density at radius 2 is 0.944 bits per heavy atom. The van der Waals surface area contributed by atoms with E-state index in [1.807, 2.05) is 0 Å². The number of fused-ring (bicyclic) bond motifs is 12. The van der Waals surface area contributed by atoms with Crippen LogP contribution in [0.25, 0.3) is 39.0 Å². The molecular weight excluding hydrogens is 651 g/mol. The van der Waals surface area contributed by atoms with E-state index in [9.17, 15) is 0 Å². The lowest BCUT2D eigenvalue weighted by molar-refractivity contribution is 0.651. The molecule has 0 N–H and O–H groups in total. The van der Waals surface area contributed by atoms with Gasteiger partial charge < -0.3 is 4.90 Å². The Morgan fingerprint density at radius 1 is 0.463 bits per heavy atom. The van der Waals surface area contributed by atoms with Gasteiger partial charge in [0.25, 0.3) is 0 Å². The molecule has 7 aromatic carbocycles. The molecule has 0 atom stereocenters. The van der Waals surface area contributed by atoms with E-state index < -0.39 is 5.41 Å². The molecule has 11 rings (SSSR count). The first kappa shape index (κ1) is 31.4. The van der Waals surface area contributed by atoms with Gasteiger partial charge in [-0.15, -0.1) is 0 Å². The van der Waals surface area contributed by atoms with E-state index in [1.54, 1.807) is 0 Å². The molecule has 0 saturated carbocycles. The summed E-state index contributed by atoms with van der Waals surface area (Å²) >= 11 is 0. The van der Waals surface area contributed by atoms with E-state index in [1.165, 1.54) is 94.8 Å². The van der Waals surface area contributed by atoms with Crippen molar-refractivity contribution in [2.24, 2.45) is 0 Å². The van der Waals surface area contributed by atoms with Crippen LogP contribution in [0, 0.1) is 6.92 Å². The van der Waals surface area contributed by atoms with E-state index in [0.717, 1.165) is 18.5 Å². The fraction of sp³-hybridized carbons (Fsp3) is 0.132. The van der Waals surface area contributed by atoms with E-state index in [4.69, 9.17) is 0 Å². The highest BCUT2D eigenvalue weighted by atomic mass is 15.1. The molecule has 0 saturated heterocycles. The van der Waals surface area contributed by atoms with Crippen LogP contribution in [0.1, 0.15) is 65.6 Å². The number of aryl methyl sites for hydroxylation is 1. The van der Waals surface area contributed by atoms with Gasteiger partial charge in [-0.25, -0.2) is 0 Å². The summed E-state index contributed by atoms with van der Waals surface area (Å²) in [7, 11) is 0. The molecule has 54 heavy (non-hydrogen) atoms. The molecule has 0 radical (unpaired) electrons. The molecule has 258 valence electrons. The molecule has 1 nitrogen and oxygen atoms in total.